The van der Waals surface area contributed by atoms with Crippen molar-refractivity contribution in [3.05, 3.63) is 47.3 Å². The summed E-state index contributed by atoms with van der Waals surface area (Å²) in [5, 5.41) is 6.46. The summed E-state index contributed by atoms with van der Waals surface area (Å²) in [6, 6.07) is 4.27. The molecule has 1 N–H and O–H groups in total. The second-order valence-corrected chi connectivity index (χ2v) is 4.30. The van der Waals surface area contributed by atoms with Gasteiger partial charge in [-0.3, -0.25) is 9.48 Å². The van der Waals surface area contributed by atoms with Gasteiger partial charge in [-0.15, -0.1) is 0 Å². The lowest BCUT2D eigenvalue weighted by Gasteiger charge is -2.08. The summed E-state index contributed by atoms with van der Waals surface area (Å²) in [7, 11) is 1.70. The zero-order valence-corrected chi connectivity index (χ0v) is 10.8. The molecule has 0 atom stereocenters. The first-order valence-corrected chi connectivity index (χ1v) is 5.76. The number of nitrogens with one attached hydrogen (secondary N) is 1. The van der Waals surface area contributed by atoms with Crippen LogP contribution in [0.1, 0.15) is 21.6 Å². The summed E-state index contributed by atoms with van der Waals surface area (Å²) in [5.41, 5.74) is 0.598. The van der Waals surface area contributed by atoms with Crippen molar-refractivity contribution in [1.82, 2.24) is 9.78 Å². The third-order valence-electron chi connectivity index (χ3n) is 2.95. The summed E-state index contributed by atoms with van der Waals surface area (Å²) in [6.45, 7) is 1.73. The second-order valence-electron chi connectivity index (χ2n) is 4.30. The number of aromatic nitrogens is 2. The smallest absolute Gasteiger partial charge is 0.322 e. The van der Waals surface area contributed by atoms with E-state index in [1.165, 1.54) is 18.3 Å². The summed E-state index contributed by atoms with van der Waals surface area (Å²) in [6.07, 6.45) is -2.97. The first-order valence-electron chi connectivity index (χ1n) is 5.76. The van der Waals surface area contributed by atoms with E-state index in [9.17, 15) is 18.0 Å². The Bertz CT molecular complexity index is 629. The van der Waals surface area contributed by atoms with Crippen molar-refractivity contribution in [2.24, 2.45) is 7.05 Å². The van der Waals surface area contributed by atoms with E-state index in [4.69, 9.17) is 0 Å². The number of hydrogen-bond acceptors (Lipinski definition) is 2. The van der Waals surface area contributed by atoms with Crippen LogP contribution in [0.25, 0.3) is 0 Å². The molecule has 4 nitrogen and oxygen atoms in total. The SMILES string of the molecule is Cc1c(C(=O)Nc2ccc(C(F)(F)F)cc2)cnn1C. The lowest BCUT2D eigenvalue weighted by molar-refractivity contribution is -0.137. The lowest BCUT2D eigenvalue weighted by atomic mass is 10.2. The Hall–Kier alpha value is -2.31. The van der Waals surface area contributed by atoms with Gasteiger partial charge < -0.3 is 5.32 Å². The van der Waals surface area contributed by atoms with Gasteiger partial charge in [0.05, 0.1) is 17.3 Å². The van der Waals surface area contributed by atoms with Crippen LogP contribution >= 0.6 is 0 Å². The molecule has 1 aromatic carbocycles. The zero-order chi connectivity index (χ0) is 14.9. The van der Waals surface area contributed by atoms with Gasteiger partial charge in [0.15, 0.2) is 0 Å². The van der Waals surface area contributed by atoms with E-state index in [2.05, 4.69) is 10.4 Å². The normalized spacial score (nSPS) is 11.4. The van der Waals surface area contributed by atoms with Gasteiger partial charge in [0, 0.05) is 18.4 Å². The molecular formula is C13H12F3N3O. The standard InChI is InChI=1S/C13H12F3N3O/c1-8-11(7-17-19(8)2)12(20)18-10-5-3-9(4-6-10)13(14,15)16/h3-7H,1-2H3,(H,18,20). The van der Waals surface area contributed by atoms with Crippen LogP contribution in [0.15, 0.2) is 30.5 Å². The van der Waals surface area contributed by atoms with E-state index < -0.39 is 17.6 Å². The molecule has 0 bridgehead atoms. The Balaban J connectivity index is 2.15. The predicted molar refractivity (Wildman–Crippen MR) is 67.3 cm³/mol. The van der Waals surface area contributed by atoms with Crippen LogP contribution in [0, 0.1) is 6.92 Å². The van der Waals surface area contributed by atoms with Gasteiger partial charge in [0.2, 0.25) is 0 Å². The Kier molecular flexibility index (Phi) is 3.52. The molecule has 7 heteroatoms. The van der Waals surface area contributed by atoms with E-state index in [0.29, 0.717) is 16.9 Å². The molecule has 0 spiro atoms. The number of benzene rings is 1. The number of carbonyl (C=O) groups excluding carboxylic acids is 1. The Morgan fingerprint density at radius 2 is 1.85 bits per heavy atom. The number of aryl methyl sites for hydroxylation is 1. The molecule has 0 saturated carbocycles. The highest BCUT2D eigenvalue weighted by molar-refractivity contribution is 6.04. The van der Waals surface area contributed by atoms with Crippen molar-refractivity contribution in [3.8, 4) is 0 Å². The Morgan fingerprint density at radius 1 is 1.25 bits per heavy atom. The summed E-state index contributed by atoms with van der Waals surface area (Å²) in [4.78, 5) is 11.9. The largest absolute Gasteiger partial charge is 0.416 e. The van der Waals surface area contributed by atoms with Gasteiger partial charge in [0.25, 0.3) is 5.91 Å². The van der Waals surface area contributed by atoms with Crippen LogP contribution in [0.4, 0.5) is 18.9 Å². The van der Waals surface area contributed by atoms with Crippen LogP contribution < -0.4 is 5.32 Å². The molecule has 20 heavy (non-hydrogen) atoms. The number of anilines is 1. The molecule has 2 rings (SSSR count). The summed E-state index contributed by atoms with van der Waals surface area (Å²) in [5.74, 6) is -0.407. The number of rotatable bonds is 2. The molecule has 106 valence electrons. The van der Waals surface area contributed by atoms with E-state index in [1.807, 2.05) is 0 Å². The van der Waals surface area contributed by atoms with Crippen molar-refractivity contribution >= 4 is 11.6 Å². The van der Waals surface area contributed by atoms with Crippen molar-refractivity contribution in [1.29, 1.82) is 0 Å². The van der Waals surface area contributed by atoms with E-state index in [1.54, 1.807) is 18.7 Å². The molecule has 1 amide bonds. The topological polar surface area (TPSA) is 46.9 Å². The lowest BCUT2D eigenvalue weighted by Crippen LogP contribution is -2.13. The van der Waals surface area contributed by atoms with Crippen LogP contribution in [0.3, 0.4) is 0 Å². The van der Waals surface area contributed by atoms with Gasteiger partial charge in [0.1, 0.15) is 0 Å². The molecule has 0 unspecified atom stereocenters. The number of amides is 1. The van der Waals surface area contributed by atoms with Crippen molar-refractivity contribution < 1.29 is 18.0 Å². The molecule has 0 aliphatic rings. The molecule has 1 heterocycles. The average molecular weight is 283 g/mol. The van der Waals surface area contributed by atoms with Gasteiger partial charge in [-0.1, -0.05) is 0 Å². The maximum Gasteiger partial charge on any atom is 0.416 e. The van der Waals surface area contributed by atoms with Crippen LogP contribution in [0.2, 0.25) is 0 Å². The van der Waals surface area contributed by atoms with Crippen LogP contribution in [-0.2, 0) is 13.2 Å². The first kappa shape index (κ1) is 14.1. The van der Waals surface area contributed by atoms with Crippen LogP contribution in [0.5, 0.6) is 0 Å². The zero-order valence-electron chi connectivity index (χ0n) is 10.8. The number of hydrogen-bond donors (Lipinski definition) is 1. The minimum absolute atomic E-state index is 0.297. The fourth-order valence-corrected chi connectivity index (χ4v) is 1.66. The van der Waals surface area contributed by atoms with Crippen molar-refractivity contribution in [2.75, 3.05) is 5.32 Å². The van der Waals surface area contributed by atoms with Crippen LogP contribution in [-0.4, -0.2) is 15.7 Å². The number of alkyl halides is 3. The molecule has 0 radical (unpaired) electrons. The third-order valence-corrected chi connectivity index (χ3v) is 2.95. The minimum atomic E-state index is -4.39. The van der Waals surface area contributed by atoms with Crippen molar-refractivity contribution in [3.63, 3.8) is 0 Å². The third kappa shape index (κ3) is 2.81. The Morgan fingerprint density at radius 3 is 2.30 bits per heavy atom. The molecule has 0 aliphatic carbocycles. The molecule has 2 aromatic rings. The number of carbonyl (C=O) groups is 1. The fraction of sp³-hybridized carbons (Fsp3) is 0.231. The summed E-state index contributed by atoms with van der Waals surface area (Å²) >= 11 is 0. The molecule has 0 saturated heterocycles. The van der Waals surface area contributed by atoms with Gasteiger partial charge in [-0.25, -0.2) is 0 Å². The highest BCUT2D eigenvalue weighted by Gasteiger charge is 2.30. The van der Waals surface area contributed by atoms with E-state index >= 15 is 0 Å². The maximum atomic E-state index is 12.4. The van der Waals surface area contributed by atoms with Gasteiger partial charge in [-0.2, -0.15) is 18.3 Å². The molecular weight excluding hydrogens is 271 g/mol. The van der Waals surface area contributed by atoms with Gasteiger partial charge >= 0.3 is 6.18 Å². The number of halogens is 3. The average Bonchev–Trinajstić information content (AvgIpc) is 2.69. The minimum Gasteiger partial charge on any atom is -0.322 e. The van der Waals surface area contributed by atoms with E-state index in [0.717, 1.165) is 12.1 Å². The second kappa shape index (κ2) is 4.99. The first-order chi connectivity index (χ1) is 9.29. The van der Waals surface area contributed by atoms with Gasteiger partial charge in [-0.05, 0) is 31.2 Å². The molecule has 1 aromatic heterocycles. The summed E-state index contributed by atoms with van der Waals surface area (Å²) < 4.78 is 38.8. The quantitative estimate of drug-likeness (QED) is 0.921. The highest BCUT2D eigenvalue weighted by Crippen LogP contribution is 2.29. The van der Waals surface area contributed by atoms with E-state index in [-0.39, 0.29) is 0 Å². The number of nitrogens with zero attached hydrogens (tertiary/aromatic N) is 2. The van der Waals surface area contributed by atoms with Crippen molar-refractivity contribution in [2.45, 2.75) is 13.1 Å². The maximum absolute atomic E-state index is 12.4. The molecule has 0 aliphatic heterocycles. The predicted octanol–water partition coefficient (Wildman–Crippen LogP) is 3.00. The Labute approximate surface area is 113 Å². The fourth-order valence-electron chi connectivity index (χ4n) is 1.66. The molecule has 0 fully saturated rings. The monoisotopic (exact) mass is 283 g/mol. The highest BCUT2D eigenvalue weighted by atomic mass is 19.4.